The first-order valence-corrected chi connectivity index (χ1v) is 15.5. The lowest BCUT2D eigenvalue weighted by Crippen LogP contribution is -2.48. The second kappa shape index (κ2) is 13.5. The van der Waals surface area contributed by atoms with Gasteiger partial charge < -0.3 is 19.7 Å². The van der Waals surface area contributed by atoms with Crippen molar-refractivity contribution in [1.29, 1.82) is 0 Å². The Kier molecular flexibility index (Phi) is 10.6. The average Bonchev–Trinajstić information content (AvgIpc) is 2.89. The first-order valence-electron chi connectivity index (χ1n) is 12.9. The van der Waals surface area contributed by atoms with E-state index in [0.717, 1.165) is 21.4 Å². The van der Waals surface area contributed by atoms with E-state index in [1.807, 2.05) is 6.92 Å². The summed E-state index contributed by atoms with van der Waals surface area (Å²) in [6.45, 7) is 7.79. The van der Waals surface area contributed by atoms with E-state index >= 15 is 0 Å². The van der Waals surface area contributed by atoms with Crippen LogP contribution in [0.4, 0.5) is 4.79 Å². The Labute approximate surface area is 240 Å². The van der Waals surface area contributed by atoms with Crippen LogP contribution in [0.15, 0.2) is 53.4 Å². The minimum absolute atomic E-state index is 0.0667. The largest absolute Gasteiger partial charge is 0.458 e. The summed E-state index contributed by atoms with van der Waals surface area (Å²) in [5, 5.41) is 2.63. The number of hydrogen-bond acceptors (Lipinski definition) is 8. The van der Waals surface area contributed by atoms with E-state index in [1.165, 1.54) is 19.2 Å². The summed E-state index contributed by atoms with van der Waals surface area (Å²) in [4.78, 5) is 40.0. The minimum Gasteiger partial charge on any atom is -0.458 e. The van der Waals surface area contributed by atoms with Gasteiger partial charge in [0.2, 0.25) is 15.9 Å². The SMILES string of the molecule is Cc1ccc(S(=O)(=O)N(C)CC(=O)N[C@@H](Cc2ccc(OC(=O)N3CCSCC3)cc2)C(=O)OC(C)(C)C)cc1. The summed E-state index contributed by atoms with van der Waals surface area (Å²) in [5.74, 6) is 0.814. The van der Waals surface area contributed by atoms with Crippen LogP contribution in [0.25, 0.3) is 0 Å². The summed E-state index contributed by atoms with van der Waals surface area (Å²) in [6, 6.07) is 11.9. The molecule has 2 aromatic rings. The van der Waals surface area contributed by atoms with Gasteiger partial charge in [-0.05, 0) is 57.5 Å². The van der Waals surface area contributed by atoms with Crippen molar-refractivity contribution in [1.82, 2.24) is 14.5 Å². The van der Waals surface area contributed by atoms with Crippen LogP contribution in [0.2, 0.25) is 0 Å². The number of aryl methyl sites for hydroxylation is 1. The van der Waals surface area contributed by atoms with Crippen molar-refractivity contribution in [3.05, 3.63) is 59.7 Å². The van der Waals surface area contributed by atoms with Gasteiger partial charge in [-0.25, -0.2) is 18.0 Å². The van der Waals surface area contributed by atoms with Gasteiger partial charge in [-0.2, -0.15) is 16.1 Å². The van der Waals surface area contributed by atoms with Crippen molar-refractivity contribution in [2.45, 2.75) is 50.7 Å². The van der Waals surface area contributed by atoms with Crippen LogP contribution in [0, 0.1) is 6.92 Å². The van der Waals surface area contributed by atoms with Gasteiger partial charge in [0.1, 0.15) is 17.4 Å². The molecule has 1 aliphatic heterocycles. The molecule has 0 radical (unpaired) electrons. The molecule has 1 heterocycles. The van der Waals surface area contributed by atoms with Crippen LogP contribution < -0.4 is 10.1 Å². The second-order valence-electron chi connectivity index (χ2n) is 10.5. The van der Waals surface area contributed by atoms with E-state index in [1.54, 1.807) is 73.8 Å². The number of sulfonamides is 1. The highest BCUT2D eigenvalue weighted by molar-refractivity contribution is 7.99. The molecule has 0 unspecified atom stereocenters. The van der Waals surface area contributed by atoms with Gasteiger partial charge in [-0.1, -0.05) is 29.8 Å². The van der Waals surface area contributed by atoms with Gasteiger partial charge in [0.05, 0.1) is 11.4 Å². The average molecular weight is 592 g/mol. The smallest absolute Gasteiger partial charge is 0.415 e. The van der Waals surface area contributed by atoms with Gasteiger partial charge >= 0.3 is 12.1 Å². The normalized spacial score (nSPS) is 14.9. The van der Waals surface area contributed by atoms with E-state index in [9.17, 15) is 22.8 Å². The van der Waals surface area contributed by atoms with Crippen molar-refractivity contribution < 1.29 is 32.3 Å². The number of nitrogens with one attached hydrogen (secondary N) is 1. The molecule has 2 aromatic carbocycles. The topological polar surface area (TPSA) is 122 Å². The van der Waals surface area contributed by atoms with Gasteiger partial charge in [-0.15, -0.1) is 0 Å². The number of benzene rings is 2. The number of thioether (sulfide) groups is 1. The minimum atomic E-state index is -3.91. The van der Waals surface area contributed by atoms with E-state index in [0.29, 0.717) is 24.4 Å². The number of rotatable bonds is 9. The van der Waals surface area contributed by atoms with Crippen molar-refractivity contribution >= 4 is 39.8 Å². The third-order valence-electron chi connectivity index (χ3n) is 5.96. The number of carbonyl (C=O) groups excluding carboxylic acids is 3. The van der Waals surface area contributed by atoms with Crippen LogP contribution in [0.1, 0.15) is 31.9 Å². The molecule has 1 N–H and O–H groups in total. The van der Waals surface area contributed by atoms with Gasteiger partial charge in [0.15, 0.2) is 0 Å². The Bertz CT molecular complexity index is 1280. The van der Waals surface area contributed by atoms with E-state index in [4.69, 9.17) is 9.47 Å². The molecule has 218 valence electrons. The number of likely N-dealkylation sites (N-methyl/N-ethyl adjacent to an activating group) is 1. The molecule has 10 nitrogen and oxygen atoms in total. The zero-order valence-electron chi connectivity index (χ0n) is 23.5. The number of carbonyl (C=O) groups is 3. The molecule has 0 aromatic heterocycles. The molecule has 1 fully saturated rings. The van der Waals surface area contributed by atoms with Gasteiger partial charge in [-0.3, -0.25) is 4.79 Å². The summed E-state index contributed by atoms with van der Waals surface area (Å²) < 4.78 is 37.7. The van der Waals surface area contributed by atoms with Crippen molar-refractivity contribution in [3.8, 4) is 5.75 Å². The monoisotopic (exact) mass is 591 g/mol. The maximum absolute atomic E-state index is 13.0. The Hall–Kier alpha value is -3.09. The molecule has 0 saturated carbocycles. The van der Waals surface area contributed by atoms with Crippen molar-refractivity contribution in [3.63, 3.8) is 0 Å². The molecule has 2 amide bonds. The molecule has 1 aliphatic rings. The molecular formula is C28H37N3O7S2. The van der Waals surface area contributed by atoms with Crippen molar-refractivity contribution in [2.75, 3.05) is 38.2 Å². The standard InChI is InChI=1S/C28H37N3O7S2/c1-20-6-12-23(13-7-20)40(35,36)30(5)19-25(32)29-24(26(33)38-28(2,3)4)18-21-8-10-22(11-9-21)37-27(34)31-14-16-39-17-15-31/h6-13,24H,14-19H2,1-5H3,(H,29,32)/t24-/m0/s1. The fraction of sp³-hybridized carbons (Fsp3) is 0.464. The van der Waals surface area contributed by atoms with Crippen LogP contribution in [0.3, 0.4) is 0 Å². The quantitative estimate of drug-likeness (QED) is 0.441. The highest BCUT2D eigenvalue weighted by atomic mass is 32.2. The fourth-order valence-electron chi connectivity index (χ4n) is 3.82. The van der Waals surface area contributed by atoms with Gasteiger partial charge in [0, 0.05) is 38.1 Å². The number of esters is 1. The molecule has 40 heavy (non-hydrogen) atoms. The second-order valence-corrected chi connectivity index (χ2v) is 13.8. The Morgan fingerprint density at radius 2 is 1.62 bits per heavy atom. The third kappa shape index (κ3) is 9.24. The van der Waals surface area contributed by atoms with E-state index in [2.05, 4.69) is 5.32 Å². The highest BCUT2D eigenvalue weighted by Gasteiger charge is 2.29. The molecule has 12 heteroatoms. The molecule has 0 aliphatic carbocycles. The number of hydrogen-bond donors (Lipinski definition) is 1. The molecule has 3 rings (SSSR count). The lowest BCUT2D eigenvalue weighted by molar-refractivity contribution is -0.158. The van der Waals surface area contributed by atoms with Crippen LogP contribution in [-0.2, 0) is 30.8 Å². The first-order chi connectivity index (χ1) is 18.7. The third-order valence-corrected chi connectivity index (χ3v) is 8.72. The maximum atomic E-state index is 13.0. The highest BCUT2D eigenvalue weighted by Crippen LogP contribution is 2.19. The molecular weight excluding hydrogens is 554 g/mol. The van der Waals surface area contributed by atoms with Crippen LogP contribution >= 0.6 is 11.8 Å². The Morgan fingerprint density at radius 1 is 1.02 bits per heavy atom. The summed E-state index contributed by atoms with van der Waals surface area (Å²) in [6.07, 6.45) is -0.316. The van der Waals surface area contributed by atoms with Crippen LogP contribution in [0.5, 0.6) is 5.75 Å². The maximum Gasteiger partial charge on any atom is 0.415 e. The predicted octanol–water partition coefficient (Wildman–Crippen LogP) is 3.23. The number of nitrogens with zero attached hydrogens (tertiary/aromatic N) is 2. The number of ether oxygens (including phenoxy) is 2. The summed E-state index contributed by atoms with van der Waals surface area (Å²) in [5.41, 5.74) is 0.800. The summed E-state index contributed by atoms with van der Waals surface area (Å²) in [7, 11) is -2.60. The lowest BCUT2D eigenvalue weighted by Gasteiger charge is -2.26. The lowest BCUT2D eigenvalue weighted by atomic mass is 10.1. The summed E-state index contributed by atoms with van der Waals surface area (Å²) >= 11 is 1.79. The molecule has 0 bridgehead atoms. The molecule has 1 atom stereocenters. The Morgan fingerprint density at radius 3 is 2.20 bits per heavy atom. The predicted molar refractivity (Wildman–Crippen MR) is 154 cm³/mol. The Balaban J connectivity index is 1.67. The molecule has 0 spiro atoms. The van der Waals surface area contributed by atoms with E-state index in [-0.39, 0.29) is 11.3 Å². The van der Waals surface area contributed by atoms with E-state index < -0.39 is 46.2 Å². The fourth-order valence-corrected chi connectivity index (χ4v) is 5.85. The zero-order chi connectivity index (χ0) is 29.5. The molecule has 1 saturated heterocycles. The van der Waals surface area contributed by atoms with Gasteiger partial charge in [0.25, 0.3) is 0 Å². The zero-order valence-corrected chi connectivity index (χ0v) is 25.1. The van der Waals surface area contributed by atoms with Crippen LogP contribution in [-0.4, -0.2) is 85.4 Å². The van der Waals surface area contributed by atoms with Crippen molar-refractivity contribution in [2.24, 2.45) is 0 Å². The number of amides is 2. The first kappa shape index (κ1) is 31.4.